The fraction of sp³-hybridized carbons (Fsp3) is 0.400. The van der Waals surface area contributed by atoms with Crippen LogP contribution in [0.15, 0.2) is 24.3 Å². The minimum atomic E-state index is -5.53. The molecule has 0 saturated heterocycles. The van der Waals surface area contributed by atoms with Gasteiger partial charge in [-0.05, 0) is 6.07 Å². The summed E-state index contributed by atoms with van der Waals surface area (Å²) < 4.78 is 80.5. The lowest BCUT2D eigenvalue weighted by Gasteiger charge is -2.23. The fourth-order valence-corrected chi connectivity index (χ4v) is 1.56. The van der Waals surface area contributed by atoms with E-state index < -0.39 is 24.6 Å². The predicted octanol–water partition coefficient (Wildman–Crippen LogP) is 4.39. The molecule has 0 saturated carbocycles. The SMILES string of the molecule is FC(OC(F)(F)F)C(F)(F)Oc1ccccc1CBr. The third-order valence-corrected chi connectivity index (χ3v) is 2.47. The molecular formula is C10H7BrF6O2. The molecule has 0 amide bonds. The van der Waals surface area contributed by atoms with Crippen molar-refractivity contribution in [2.24, 2.45) is 0 Å². The maximum atomic E-state index is 13.1. The molecule has 1 aromatic carbocycles. The van der Waals surface area contributed by atoms with Crippen LogP contribution >= 0.6 is 15.9 Å². The summed E-state index contributed by atoms with van der Waals surface area (Å²) in [6.45, 7) is 0. The molecule has 1 rings (SSSR count). The summed E-state index contributed by atoms with van der Waals surface area (Å²) in [5.74, 6) is -0.446. The van der Waals surface area contributed by atoms with Gasteiger partial charge in [0, 0.05) is 10.9 Å². The van der Waals surface area contributed by atoms with Crippen molar-refractivity contribution in [1.82, 2.24) is 0 Å². The number of hydrogen-bond acceptors (Lipinski definition) is 2. The Morgan fingerprint density at radius 2 is 1.68 bits per heavy atom. The molecule has 0 aromatic heterocycles. The van der Waals surface area contributed by atoms with Crippen LogP contribution in [0.25, 0.3) is 0 Å². The highest BCUT2D eigenvalue weighted by Gasteiger charge is 2.50. The second-order valence-corrected chi connectivity index (χ2v) is 3.85. The fourth-order valence-electron chi connectivity index (χ4n) is 1.09. The van der Waals surface area contributed by atoms with Crippen molar-refractivity contribution in [2.75, 3.05) is 0 Å². The summed E-state index contributed by atoms with van der Waals surface area (Å²) in [6.07, 6.45) is -14.3. The van der Waals surface area contributed by atoms with Crippen LogP contribution in [-0.4, -0.2) is 18.8 Å². The number of benzene rings is 1. The van der Waals surface area contributed by atoms with E-state index in [1.54, 1.807) is 0 Å². The summed E-state index contributed by atoms with van der Waals surface area (Å²) in [5, 5.41) is 0.107. The number of hydrogen-bond donors (Lipinski definition) is 0. The van der Waals surface area contributed by atoms with Gasteiger partial charge in [-0.1, -0.05) is 34.1 Å². The average Bonchev–Trinajstić information content (AvgIpc) is 2.27. The van der Waals surface area contributed by atoms with Gasteiger partial charge in [0.25, 0.3) is 0 Å². The lowest BCUT2D eigenvalue weighted by atomic mass is 10.2. The van der Waals surface area contributed by atoms with Crippen molar-refractivity contribution in [3.05, 3.63) is 29.8 Å². The molecule has 0 aliphatic heterocycles. The van der Waals surface area contributed by atoms with Gasteiger partial charge < -0.3 is 4.74 Å². The summed E-state index contributed by atoms with van der Waals surface area (Å²) in [5.41, 5.74) is 0.224. The standard InChI is InChI=1S/C10H7BrF6O2/c11-5-6-3-1-2-4-7(6)18-9(13,14)8(12)19-10(15,16)17/h1-4,8H,5H2. The third-order valence-electron chi connectivity index (χ3n) is 1.86. The molecule has 9 heteroatoms. The van der Waals surface area contributed by atoms with Gasteiger partial charge in [0.1, 0.15) is 5.75 Å². The second-order valence-electron chi connectivity index (χ2n) is 3.28. The van der Waals surface area contributed by atoms with E-state index in [4.69, 9.17) is 0 Å². The van der Waals surface area contributed by atoms with Crippen LogP contribution in [0.4, 0.5) is 26.3 Å². The largest absolute Gasteiger partial charge is 0.525 e. The van der Waals surface area contributed by atoms with Crippen molar-refractivity contribution >= 4 is 15.9 Å². The Kier molecular flexibility index (Phi) is 5.08. The van der Waals surface area contributed by atoms with Gasteiger partial charge in [0.2, 0.25) is 0 Å². The van der Waals surface area contributed by atoms with E-state index in [1.807, 2.05) is 0 Å². The van der Waals surface area contributed by atoms with Gasteiger partial charge in [-0.25, -0.2) is 9.13 Å². The Morgan fingerprint density at radius 1 is 1.11 bits per heavy atom. The Balaban J connectivity index is 2.83. The maximum Gasteiger partial charge on any atom is 0.525 e. The predicted molar refractivity (Wildman–Crippen MR) is 56.7 cm³/mol. The molecule has 0 aliphatic carbocycles. The molecule has 0 radical (unpaired) electrons. The molecule has 19 heavy (non-hydrogen) atoms. The lowest BCUT2D eigenvalue weighted by molar-refractivity contribution is -0.411. The van der Waals surface area contributed by atoms with Crippen molar-refractivity contribution in [1.29, 1.82) is 0 Å². The van der Waals surface area contributed by atoms with E-state index in [9.17, 15) is 26.3 Å². The second kappa shape index (κ2) is 6.00. The van der Waals surface area contributed by atoms with Gasteiger partial charge in [0.05, 0.1) is 0 Å². The van der Waals surface area contributed by atoms with Crippen molar-refractivity contribution in [3.8, 4) is 5.75 Å². The highest BCUT2D eigenvalue weighted by molar-refractivity contribution is 9.08. The third kappa shape index (κ3) is 4.90. The van der Waals surface area contributed by atoms with Crippen LogP contribution in [0.1, 0.15) is 5.56 Å². The van der Waals surface area contributed by atoms with E-state index in [2.05, 4.69) is 25.4 Å². The van der Waals surface area contributed by atoms with Crippen LogP contribution in [0.2, 0.25) is 0 Å². The Labute approximate surface area is 112 Å². The molecule has 1 aromatic rings. The first kappa shape index (κ1) is 16.1. The van der Waals surface area contributed by atoms with Crippen molar-refractivity contribution < 1.29 is 35.8 Å². The van der Waals surface area contributed by atoms with E-state index >= 15 is 0 Å². The molecule has 0 heterocycles. The highest BCUT2D eigenvalue weighted by atomic mass is 79.9. The van der Waals surface area contributed by atoms with Gasteiger partial charge >= 0.3 is 18.8 Å². The first-order chi connectivity index (χ1) is 8.65. The summed E-state index contributed by atoms with van der Waals surface area (Å²) >= 11 is 2.97. The van der Waals surface area contributed by atoms with Crippen LogP contribution in [0.5, 0.6) is 5.75 Å². The quantitative estimate of drug-likeness (QED) is 0.578. The molecule has 0 spiro atoms. The number of ether oxygens (including phenoxy) is 2. The normalized spacial score (nSPS) is 14.3. The lowest BCUT2D eigenvalue weighted by Crippen LogP contribution is -2.41. The molecule has 0 aliphatic rings. The first-order valence-corrected chi connectivity index (χ1v) is 5.87. The monoisotopic (exact) mass is 352 g/mol. The average molecular weight is 353 g/mol. The molecular weight excluding hydrogens is 346 g/mol. The van der Waals surface area contributed by atoms with Gasteiger partial charge in [-0.15, -0.1) is 13.2 Å². The highest BCUT2D eigenvalue weighted by Crippen LogP contribution is 2.33. The molecule has 1 unspecified atom stereocenters. The minimum absolute atomic E-state index is 0.107. The van der Waals surface area contributed by atoms with E-state index in [-0.39, 0.29) is 10.9 Å². The summed E-state index contributed by atoms with van der Waals surface area (Å²) in [7, 11) is 0. The topological polar surface area (TPSA) is 18.5 Å². The molecule has 108 valence electrons. The van der Waals surface area contributed by atoms with Gasteiger partial charge in [-0.3, -0.25) is 0 Å². The molecule has 0 bridgehead atoms. The van der Waals surface area contributed by atoms with Crippen LogP contribution < -0.4 is 4.74 Å². The van der Waals surface area contributed by atoms with E-state index in [0.29, 0.717) is 0 Å². The van der Waals surface area contributed by atoms with Crippen molar-refractivity contribution in [3.63, 3.8) is 0 Å². The van der Waals surface area contributed by atoms with E-state index in [1.165, 1.54) is 18.2 Å². The van der Waals surface area contributed by atoms with Gasteiger partial charge in [0.15, 0.2) is 0 Å². The number of alkyl halides is 7. The smallest absolute Gasteiger partial charge is 0.428 e. The molecule has 1 atom stereocenters. The van der Waals surface area contributed by atoms with E-state index in [0.717, 1.165) is 6.07 Å². The number of halogens is 7. The zero-order valence-corrected chi connectivity index (χ0v) is 10.6. The minimum Gasteiger partial charge on any atom is -0.428 e. The summed E-state index contributed by atoms with van der Waals surface area (Å²) in [6, 6.07) is 5.28. The Hall–Kier alpha value is -0.960. The number of para-hydroxylation sites is 1. The van der Waals surface area contributed by atoms with Gasteiger partial charge in [-0.2, -0.15) is 8.78 Å². The first-order valence-electron chi connectivity index (χ1n) is 4.75. The maximum absolute atomic E-state index is 13.1. The zero-order valence-electron chi connectivity index (χ0n) is 9.06. The Morgan fingerprint density at radius 3 is 2.21 bits per heavy atom. The van der Waals surface area contributed by atoms with Crippen molar-refractivity contribution in [2.45, 2.75) is 24.2 Å². The van der Waals surface area contributed by atoms with Crippen LogP contribution in [-0.2, 0) is 10.1 Å². The zero-order chi connectivity index (χ0) is 14.7. The number of rotatable bonds is 5. The molecule has 0 N–H and O–H groups in total. The van der Waals surface area contributed by atoms with Crippen LogP contribution in [0.3, 0.4) is 0 Å². The Bertz CT molecular complexity index is 423. The molecule has 0 fully saturated rings. The molecule has 2 nitrogen and oxygen atoms in total. The summed E-state index contributed by atoms with van der Waals surface area (Å²) in [4.78, 5) is 0. The van der Waals surface area contributed by atoms with Crippen LogP contribution in [0, 0.1) is 0 Å².